The molecule has 30 heavy (non-hydrogen) atoms. The van der Waals surface area contributed by atoms with Crippen molar-refractivity contribution in [2.75, 3.05) is 0 Å². The zero-order valence-electron chi connectivity index (χ0n) is 18.5. The summed E-state index contributed by atoms with van der Waals surface area (Å²) in [7, 11) is -8.21. The summed E-state index contributed by atoms with van der Waals surface area (Å²) in [5, 5.41) is 0. The van der Waals surface area contributed by atoms with Gasteiger partial charge in [0.15, 0.2) is 0 Å². The Labute approximate surface area is 180 Å². The fourth-order valence-electron chi connectivity index (χ4n) is 3.56. The maximum absolute atomic E-state index is 11.3. The van der Waals surface area contributed by atoms with Crippen LogP contribution in [-0.4, -0.2) is 25.9 Å². The average Bonchev–Trinajstić information content (AvgIpc) is 2.64. The van der Waals surface area contributed by atoms with E-state index in [2.05, 4.69) is 0 Å². The lowest BCUT2D eigenvalue weighted by Gasteiger charge is -2.12. The molecule has 0 aliphatic heterocycles. The summed E-state index contributed by atoms with van der Waals surface area (Å²) in [6.07, 6.45) is 2.68. The van der Waals surface area contributed by atoms with Crippen molar-refractivity contribution in [2.45, 2.75) is 77.0 Å². The maximum Gasteiger partial charge on any atom is 0.295 e. The first kappa shape index (κ1) is 26.3. The molecule has 2 rings (SSSR count). The van der Waals surface area contributed by atoms with Gasteiger partial charge in [-0.3, -0.25) is 9.11 Å². The van der Waals surface area contributed by atoms with E-state index in [4.69, 9.17) is 4.55 Å². The van der Waals surface area contributed by atoms with Gasteiger partial charge in [-0.05, 0) is 67.3 Å². The van der Waals surface area contributed by atoms with Gasteiger partial charge in [-0.1, -0.05) is 57.5 Å². The quantitative estimate of drug-likeness (QED) is 0.608. The Balaban J connectivity index is 0.000000303. The largest absolute Gasteiger partial charge is 0.295 e. The molecule has 0 bridgehead atoms. The Bertz CT molecular complexity index is 1080. The van der Waals surface area contributed by atoms with Gasteiger partial charge in [0.2, 0.25) is 0 Å². The molecule has 0 atom stereocenters. The van der Waals surface area contributed by atoms with Crippen LogP contribution in [0.15, 0.2) is 34.1 Å². The fraction of sp³-hybridized carbons (Fsp3) is 0.455. The standard InChI is InChI=1S/C12H18O3S.C10H14O3S/c1-4-9-7-10(5-2)12(16(13,14)15)11(6-3)8-9;1-4-9-6-7(2)5-8(3)10(9)14(11,12)13/h7-8H,4-6H2,1-3H3,(H,13,14,15);5-6H,4H2,1-3H3,(H,11,12,13). The van der Waals surface area contributed by atoms with Crippen molar-refractivity contribution in [1.82, 2.24) is 0 Å². The fourth-order valence-corrected chi connectivity index (χ4v) is 5.63. The van der Waals surface area contributed by atoms with E-state index in [-0.39, 0.29) is 9.79 Å². The molecule has 168 valence electrons. The summed E-state index contributed by atoms with van der Waals surface area (Å²) in [5.41, 5.74) is 4.81. The van der Waals surface area contributed by atoms with Crippen LogP contribution in [0.2, 0.25) is 0 Å². The van der Waals surface area contributed by atoms with Gasteiger partial charge in [-0.15, -0.1) is 0 Å². The van der Waals surface area contributed by atoms with E-state index in [0.29, 0.717) is 41.5 Å². The first-order valence-corrected chi connectivity index (χ1v) is 12.9. The van der Waals surface area contributed by atoms with Crippen molar-refractivity contribution in [1.29, 1.82) is 0 Å². The van der Waals surface area contributed by atoms with E-state index in [9.17, 15) is 21.4 Å². The third kappa shape index (κ3) is 6.63. The number of benzene rings is 2. The summed E-state index contributed by atoms with van der Waals surface area (Å²) in [6, 6.07) is 7.27. The lowest BCUT2D eigenvalue weighted by Crippen LogP contribution is -2.08. The molecule has 0 fully saturated rings. The molecule has 8 heteroatoms. The highest BCUT2D eigenvalue weighted by molar-refractivity contribution is 7.86. The SMILES string of the molecule is CCc1cc(C)cc(C)c1S(=O)(=O)O.CCc1cc(CC)c(S(=O)(=O)O)c(CC)c1. The lowest BCUT2D eigenvalue weighted by atomic mass is 10.0. The first-order chi connectivity index (χ1) is 13.8. The van der Waals surface area contributed by atoms with Gasteiger partial charge in [0.05, 0.1) is 4.90 Å². The van der Waals surface area contributed by atoms with Crippen molar-refractivity contribution in [2.24, 2.45) is 0 Å². The van der Waals surface area contributed by atoms with Crippen molar-refractivity contribution >= 4 is 20.2 Å². The van der Waals surface area contributed by atoms with Crippen molar-refractivity contribution in [3.05, 3.63) is 57.6 Å². The van der Waals surface area contributed by atoms with Gasteiger partial charge >= 0.3 is 0 Å². The maximum atomic E-state index is 11.3. The Morgan fingerprint density at radius 1 is 0.633 bits per heavy atom. The summed E-state index contributed by atoms with van der Waals surface area (Å²) < 4.78 is 63.2. The monoisotopic (exact) mass is 456 g/mol. The highest BCUT2D eigenvalue weighted by Crippen LogP contribution is 2.25. The van der Waals surface area contributed by atoms with Crippen LogP contribution in [0.5, 0.6) is 0 Å². The molecule has 0 aliphatic rings. The normalized spacial score (nSPS) is 11.7. The molecule has 2 aromatic carbocycles. The molecule has 0 aromatic heterocycles. The predicted molar refractivity (Wildman–Crippen MR) is 119 cm³/mol. The average molecular weight is 457 g/mol. The predicted octanol–water partition coefficient (Wildman–Crippen LogP) is 4.73. The number of aryl methyl sites for hydroxylation is 6. The van der Waals surface area contributed by atoms with Crippen LogP contribution >= 0.6 is 0 Å². The van der Waals surface area contributed by atoms with Crippen molar-refractivity contribution in [3.63, 3.8) is 0 Å². The van der Waals surface area contributed by atoms with Crippen LogP contribution in [0.4, 0.5) is 0 Å². The summed E-state index contributed by atoms with van der Waals surface area (Å²) >= 11 is 0. The Morgan fingerprint density at radius 2 is 1.03 bits per heavy atom. The van der Waals surface area contributed by atoms with Crippen LogP contribution in [0, 0.1) is 13.8 Å². The van der Waals surface area contributed by atoms with E-state index in [1.807, 2.05) is 46.8 Å². The molecule has 2 N–H and O–H groups in total. The molecule has 0 saturated carbocycles. The second-order valence-corrected chi connectivity index (χ2v) is 9.89. The van der Waals surface area contributed by atoms with Crippen LogP contribution in [-0.2, 0) is 45.9 Å². The second kappa shape index (κ2) is 10.5. The molecule has 0 amide bonds. The molecule has 0 spiro atoms. The van der Waals surface area contributed by atoms with Gasteiger partial charge in [-0.25, -0.2) is 0 Å². The second-order valence-electron chi connectivity index (χ2n) is 7.18. The highest BCUT2D eigenvalue weighted by Gasteiger charge is 2.19. The highest BCUT2D eigenvalue weighted by atomic mass is 32.2. The molecule has 6 nitrogen and oxygen atoms in total. The minimum atomic E-state index is -4.11. The molecule has 0 aliphatic carbocycles. The minimum Gasteiger partial charge on any atom is -0.282 e. The summed E-state index contributed by atoms with van der Waals surface area (Å²) in [4.78, 5) is 0.167. The van der Waals surface area contributed by atoms with E-state index >= 15 is 0 Å². The summed E-state index contributed by atoms with van der Waals surface area (Å²) in [5.74, 6) is 0. The molecule has 2 aromatic rings. The van der Waals surface area contributed by atoms with Gasteiger partial charge in [0.1, 0.15) is 4.90 Å². The zero-order valence-corrected chi connectivity index (χ0v) is 20.1. The van der Waals surface area contributed by atoms with Crippen LogP contribution in [0.1, 0.15) is 61.1 Å². The Hall–Kier alpha value is -1.74. The lowest BCUT2D eigenvalue weighted by molar-refractivity contribution is 0.479. The molecular formula is C22H32O6S2. The topological polar surface area (TPSA) is 109 Å². The molecule has 0 radical (unpaired) electrons. The third-order valence-corrected chi connectivity index (χ3v) is 7.01. The molecular weight excluding hydrogens is 424 g/mol. The molecule has 0 unspecified atom stereocenters. The minimum absolute atomic E-state index is 0.0607. The van der Waals surface area contributed by atoms with Gasteiger partial charge in [-0.2, -0.15) is 16.8 Å². The zero-order chi connectivity index (χ0) is 23.3. The van der Waals surface area contributed by atoms with E-state index in [0.717, 1.165) is 17.5 Å². The van der Waals surface area contributed by atoms with Crippen molar-refractivity contribution in [3.8, 4) is 0 Å². The van der Waals surface area contributed by atoms with Crippen LogP contribution in [0.25, 0.3) is 0 Å². The van der Waals surface area contributed by atoms with E-state index < -0.39 is 20.2 Å². The number of hydrogen-bond acceptors (Lipinski definition) is 4. The Morgan fingerprint density at radius 3 is 1.37 bits per heavy atom. The number of rotatable bonds is 6. The molecule has 0 saturated heterocycles. The van der Waals surface area contributed by atoms with Gasteiger partial charge in [0, 0.05) is 0 Å². The smallest absolute Gasteiger partial charge is 0.282 e. The van der Waals surface area contributed by atoms with E-state index in [1.165, 1.54) is 0 Å². The first-order valence-electron chi connectivity index (χ1n) is 9.99. The Kier molecular flexibility index (Phi) is 9.23. The van der Waals surface area contributed by atoms with Gasteiger partial charge < -0.3 is 0 Å². The van der Waals surface area contributed by atoms with Crippen LogP contribution in [0.3, 0.4) is 0 Å². The third-order valence-electron chi connectivity index (χ3n) is 4.87. The van der Waals surface area contributed by atoms with Gasteiger partial charge in [0.25, 0.3) is 20.2 Å². The van der Waals surface area contributed by atoms with Crippen LogP contribution < -0.4 is 0 Å². The number of hydrogen-bond donors (Lipinski definition) is 2. The summed E-state index contributed by atoms with van der Waals surface area (Å²) in [6.45, 7) is 11.3. The van der Waals surface area contributed by atoms with E-state index in [1.54, 1.807) is 19.1 Å². The van der Waals surface area contributed by atoms with Crippen molar-refractivity contribution < 1.29 is 25.9 Å². The molecule has 0 heterocycles.